The molecule has 1 fully saturated rings. The Bertz CT molecular complexity index is 817. The second kappa shape index (κ2) is 9.07. The lowest BCUT2D eigenvalue weighted by atomic mass is 10.1. The lowest BCUT2D eigenvalue weighted by molar-refractivity contribution is -0.137. The van der Waals surface area contributed by atoms with Crippen molar-refractivity contribution in [1.82, 2.24) is 4.90 Å². The first-order valence-electron chi connectivity index (χ1n) is 9.42. The molecule has 0 N–H and O–H groups in total. The van der Waals surface area contributed by atoms with Crippen molar-refractivity contribution >= 4 is 11.6 Å². The number of anilines is 1. The molecule has 2 aromatic rings. The van der Waals surface area contributed by atoms with Crippen molar-refractivity contribution in [3.05, 3.63) is 54.1 Å². The highest BCUT2D eigenvalue weighted by atomic mass is 19.4. The summed E-state index contributed by atoms with van der Waals surface area (Å²) < 4.78 is 49.6. The molecule has 1 amide bonds. The minimum absolute atomic E-state index is 0.0858. The van der Waals surface area contributed by atoms with Gasteiger partial charge >= 0.3 is 6.18 Å². The Kier molecular flexibility index (Phi) is 6.51. The highest BCUT2D eigenvalue weighted by Crippen LogP contribution is 2.31. The van der Waals surface area contributed by atoms with Crippen LogP contribution < -0.4 is 14.4 Å². The molecular formula is C21H23F3N2O3. The number of carbonyl (C=O) groups is 1. The van der Waals surface area contributed by atoms with Gasteiger partial charge in [0.2, 0.25) is 0 Å². The molecule has 0 aliphatic carbocycles. The third kappa shape index (κ3) is 5.56. The van der Waals surface area contributed by atoms with E-state index in [2.05, 4.69) is 0 Å². The molecule has 1 heterocycles. The van der Waals surface area contributed by atoms with E-state index in [0.29, 0.717) is 44.2 Å². The number of nitrogens with zero attached hydrogens (tertiary/aromatic N) is 2. The Labute approximate surface area is 167 Å². The summed E-state index contributed by atoms with van der Waals surface area (Å²) in [5.41, 5.74) is -0.158. The molecule has 0 unspecified atom stereocenters. The second-order valence-corrected chi connectivity index (χ2v) is 6.61. The van der Waals surface area contributed by atoms with Gasteiger partial charge in [0, 0.05) is 31.9 Å². The number of halogens is 3. The molecule has 29 heavy (non-hydrogen) atoms. The Morgan fingerprint density at radius 1 is 0.966 bits per heavy atom. The smallest absolute Gasteiger partial charge is 0.416 e. The fourth-order valence-electron chi connectivity index (χ4n) is 3.13. The number of hydrogen-bond donors (Lipinski definition) is 0. The maximum Gasteiger partial charge on any atom is 0.416 e. The molecule has 0 atom stereocenters. The maximum atomic E-state index is 12.9. The summed E-state index contributed by atoms with van der Waals surface area (Å²) in [5.74, 6) is 1.16. The van der Waals surface area contributed by atoms with Crippen molar-refractivity contribution in [2.24, 2.45) is 0 Å². The number of amides is 1. The number of benzene rings is 2. The third-order valence-corrected chi connectivity index (χ3v) is 4.67. The van der Waals surface area contributed by atoms with Gasteiger partial charge in [-0.2, -0.15) is 13.2 Å². The maximum absolute atomic E-state index is 12.9. The molecule has 8 heteroatoms. The average molecular weight is 408 g/mol. The molecule has 5 nitrogen and oxygen atoms in total. The van der Waals surface area contributed by atoms with Gasteiger partial charge in [0.1, 0.15) is 11.5 Å². The van der Waals surface area contributed by atoms with Gasteiger partial charge in [0.15, 0.2) is 6.61 Å². The average Bonchev–Trinajstić information content (AvgIpc) is 2.73. The normalized spacial score (nSPS) is 14.6. The topological polar surface area (TPSA) is 42.0 Å². The molecule has 0 aromatic heterocycles. The standard InChI is InChI=1S/C21H23F3N2O3/c1-2-28-18-6-8-19(9-7-18)29-15-20(27)26-12-10-25(11-13-26)17-5-3-4-16(14-17)21(22,23)24/h3-9,14H,2,10-13,15H2,1H3. The van der Waals surface area contributed by atoms with E-state index < -0.39 is 11.7 Å². The van der Waals surface area contributed by atoms with E-state index >= 15 is 0 Å². The first kappa shape index (κ1) is 20.8. The summed E-state index contributed by atoms with van der Waals surface area (Å²) in [7, 11) is 0. The van der Waals surface area contributed by atoms with E-state index in [0.717, 1.165) is 17.9 Å². The summed E-state index contributed by atoms with van der Waals surface area (Å²) >= 11 is 0. The van der Waals surface area contributed by atoms with Crippen molar-refractivity contribution < 1.29 is 27.4 Å². The second-order valence-electron chi connectivity index (χ2n) is 6.61. The Morgan fingerprint density at radius 3 is 2.17 bits per heavy atom. The SMILES string of the molecule is CCOc1ccc(OCC(=O)N2CCN(c3cccc(C(F)(F)F)c3)CC2)cc1. The van der Waals surface area contributed by atoms with E-state index in [4.69, 9.17) is 9.47 Å². The Hall–Kier alpha value is -2.90. The predicted octanol–water partition coefficient (Wildman–Crippen LogP) is 3.83. The van der Waals surface area contributed by atoms with Crippen LogP contribution in [-0.2, 0) is 11.0 Å². The molecule has 1 saturated heterocycles. The summed E-state index contributed by atoms with van der Waals surface area (Å²) in [5, 5.41) is 0. The number of hydrogen-bond acceptors (Lipinski definition) is 4. The minimum Gasteiger partial charge on any atom is -0.494 e. The fraction of sp³-hybridized carbons (Fsp3) is 0.381. The van der Waals surface area contributed by atoms with E-state index in [-0.39, 0.29) is 12.5 Å². The van der Waals surface area contributed by atoms with Crippen LogP contribution >= 0.6 is 0 Å². The Balaban J connectivity index is 1.49. The number of ether oxygens (including phenoxy) is 2. The van der Waals surface area contributed by atoms with Crippen LogP contribution in [0.3, 0.4) is 0 Å². The lowest BCUT2D eigenvalue weighted by Crippen LogP contribution is -2.50. The van der Waals surface area contributed by atoms with Crippen molar-refractivity contribution in [2.75, 3.05) is 44.3 Å². The van der Waals surface area contributed by atoms with Crippen molar-refractivity contribution in [3.63, 3.8) is 0 Å². The van der Waals surface area contributed by atoms with Crippen LogP contribution in [0.25, 0.3) is 0 Å². The summed E-state index contributed by atoms with van der Waals surface area (Å²) in [6.07, 6.45) is -4.37. The number of alkyl halides is 3. The van der Waals surface area contributed by atoms with Crippen molar-refractivity contribution in [1.29, 1.82) is 0 Å². The highest BCUT2D eigenvalue weighted by Gasteiger charge is 2.31. The van der Waals surface area contributed by atoms with Crippen molar-refractivity contribution in [2.45, 2.75) is 13.1 Å². The summed E-state index contributed by atoms with van der Waals surface area (Å²) in [6, 6.07) is 12.3. The zero-order valence-corrected chi connectivity index (χ0v) is 16.1. The van der Waals surface area contributed by atoms with Gasteiger partial charge in [-0.3, -0.25) is 4.79 Å². The van der Waals surface area contributed by atoms with Gasteiger partial charge < -0.3 is 19.3 Å². The van der Waals surface area contributed by atoms with Crippen LogP contribution in [0.1, 0.15) is 12.5 Å². The minimum atomic E-state index is -4.37. The number of piperazine rings is 1. The number of rotatable bonds is 6. The molecule has 0 bridgehead atoms. The van der Waals surface area contributed by atoms with Gasteiger partial charge in [0.05, 0.1) is 12.2 Å². The monoisotopic (exact) mass is 408 g/mol. The highest BCUT2D eigenvalue weighted by molar-refractivity contribution is 5.78. The van der Waals surface area contributed by atoms with Crippen LogP contribution in [-0.4, -0.2) is 50.2 Å². The van der Waals surface area contributed by atoms with Gasteiger partial charge in [-0.15, -0.1) is 0 Å². The predicted molar refractivity (Wildman–Crippen MR) is 103 cm³/mol. The van der Waals surface area contributed by atoms with Crippen molar-refractivity contribution in [3.8, 4) is 11.5 Å². The largest absolute Gasteiger partial charge is 0.494 e. The van der Waals surface area contributed by atoms with Gasteiger partial charge in [-0.1, -0.05) is 6.07 Å². The fourth-order valence-corrected chi connectivity index (χ4v) is 3.13. The van der Waals surface area contributed by atoms with Crippen LogP contribution in [0.2, 0.25) is 0 Å². The summed E-state index contributed by atoms with van der Waals surface area (Å²) in [6.45, 7) is 4.19. The molecule has 0 spiro atoms. The molecule has 2 aromatic carbocycles. The van der Waals surface area contributed by atoms with Gasteiger partial charge in [-0.25, -0.2) is 0 Å². The third-order valence-electron chi connectivity index (χ3n) is 4.67. The van der Waals surface area contributed by atoms with E-state index in [1.54, 1.807) is 35.2 Å². The number of carbonyl (C=O) groups excluding carboxylic acids is 1. The molecule has 1 aliphatic heterocycles. The van der Waals surface area contributed by atoms with Gasteiger partial charge in [-0.05, 0) is 49.4 Å². The molecular weight excluding hydrogens is 385 g/mol. The van der Waals surface area contributed by atoms with Crippen LogP contribution in [0.15, 0.2) is 48.5 Å². The first-order valence-corrected chi connectivity index (χ1v) is 9.42. The van der Waals surface area contributed by atoms with E-state index in [9.17, 15) is 18.0 Å². The quantitative estimate of drug-likeness (QED) is 0.729. The Morgan fingerprint density at radius 2 is 1.59 bits per heavy atom. The van der Waals surface area contributed by atoms with E-state index in [1.807, 2.05) is 11.8 Å². The molecule has 3 rings (SSSR count). The van der Waals surface area contributed by atoms with Crippen LogP contribution in [0.4, 0.5) is 18.9 Å². The first-order chi connectivity index (χ1) is 13.9. The van der Waals surface area contributed by atoms with E-state index in [1.165, 1.54) is 6.07 Å². The molecule has 0 saturated carbocycles. The zero-order chi connectivity index (χ0) is 20.9. The zero-order valence-electron chi connectivity index (χ0n) is 16.1. The molecule has 1 aliphatic rings. The molecule has 156 valence electrons. The summed E-state index contributed by atoms with van der Waals surface area (Å²) in [4.78, 5) is 15.9. The van der Waals surface area contributed by atoms with Crippen LogP contribution in [0.5, 0.6) is 11.5 Å². The molecule has 0 radical (unpaired) electrons. The lowest BCUT2D eigenvalue weighted by Gasteiger charge is -2.36. The van der Waals surface area contributed by atoms with Crippen LogP contribution in [0, 0.1) is 0 Å². The van der Waals surface area contributed by atoms with Gasteiger partial charge in [0.25, 0.3) is 5.91 Å².